The van der Waals surface area contributed by atoms with E-state index in [-0.39, 0.29) is 0 Å². The summed E-state index contributed by atoms with van der Waals surface area (Å²) in [6.45, 7) is 3.68. The van der Waals surface area contributed by atoms with E-state index in [1.165, 1.54) is 0 Å². The Morgan fingerprint density at radius 1 is 0.750 bits per heavy atom. The van der Waals surface area contributed by atoms with Gasteiger partial charge in [-0.15, -0.1) is 0 Å². The molecule has 0 unspecified atom stereocenters. The first-order valence-corrected chi connectivity index (χ1v) is 6.42. The van der Waals surface area contributed by atoms with Crippen molar-refractivity contribution >= 4 is 16.9 Å². The van der Waals surface area contributed by atoms with Crippen LogP contribution in [0, 0.1) is 0 Å². The van der Waals surface area contributed by atoms with Gasteiger partial charge in [0, 0.05) is 11.4 Å². The van der Waals surface area contributed by atoms with Crippen LogP contribution in [0.25, 0.3) is 5.57 Å². The summed E-state index contributed by atoms with van der Waals surface area (Å²) >= 11 is 0. The van der Waals surface area contributed by atoms with E-state index in [0.29, 0.717) is 0 Å². The lowest BCUT2D eigenvalue weighted by Crippen LogP contribution is -1.91. The van der Waals surface area contributed by atoms with Crippen molar-refractivity contribution in [3.05, 3.63) is 90.5 Å². The lowest BCUT2D eigenvalue weighted by atomic mass is 9.97. The van der Waals surface area contributed by atoms with Crippen molar-refractivity contribution < 1.29 is 0 Å². The number of allylic oxidation sites excluding steroid dienone is 4. The zero-order valence-corrected chi connectivity index (χ0v) is 11.3. The molecule has 0 heterocycles. The molecule has 0 saturated carbocycles. The molecule has 0 aliphatic heterocycles. The number of nitrogens with two attached hydrogens (primary N) is 2. The van der Waals surface area contributed by atoms with Crippen LogP contribution in [0.5, 0.6) is 0 Å². The molecule has 4 N–H and O–H groups in total. The third-order valence-electron chi connectivity index (χ3n) is 2.95. The molecule has 2 heteroatoms. The summed E-state index contributed by atoms with van der Waals surface area (Å²) in [6.07, 6.45) is 7.67. The Morgan fingerprint density at radius 3 is 1.60 bits per heavy atom. The van der Waals surface area contributed by atoms with Gasteiger partial charge in [-0.25, -0.2) is 0 Å². The second kappa shape index (κ2) is 6.43. The molecule has 0 aromatic heterocycles. The van der Waals surface area contributed by atoms with Crippen molar-refractivity contribution in [3.63, 3.8) is 0 Å². The Kier molecular flexibility index (Phi) is 4.40. The molecule has 100 valence electrons. The molecule has 0 amide bonds. The number of benzene rings is 2. The Bertz CT molecular complexity index is 585. The zero-order valence-electron chi connectivity index (χ0n) is 11.3. The van der Waals surface area contributed by atoms with E-state index in [2.05, 4.69) is 12.7 Å². The largest absolute Gasteiger partial charge is 0.399 e. The van der Waals surface area contributed by atoms with Crippen LogP contribution in [0.4, 0.5) is 11.4 Å². The highest BCUT2D eigenvalue weighted by Crippen LogP contribution is 2.25. The summed E-state index contributed by atoms with van der Waals surface area (Å²) in [6, 6.07) is 15.7. The summed E-state index contributed by atoms with van der Waals surface area (Å²) in [5.41, 5.74) is 16.3. The predicted octanol–water partition coefficient (Wildman–Crippen LogP) is 4.02. The first kappa shape index (κ1) is 13.7. The molecule has 20 heavy (non-hydrogen) atoms. The summed E-state index contributed by atoms with van der Waals surface area (Å²) in [5, 5.41) is 0. The highest BCUT2D eigenvalue weighted by molar-refractivity contribution is 5.81. The van der Waals surface area contributed by atoms with Gasteiger partial charge in [0.1, 0.15) is 0 Å². The molecule has 2 rings (SSSR count). The summed E-state index contributed by atoms with van der Waals surface area (Å²) in [5.74, 6) is 0. The van der Waals surface area contributed by atoms with E-state index in [9.17, 15) is 0 Å². The van der Waals surface area contributed by atoms with Crippen LogP contribution in [0.3, 0.4) is 0 Å². The summed E-state index contributed by atoms with van der Waals surface area (Å²) in [7, 11) is 0. The van der Waals surface area contributed by atoms with Crippen LogP contribution in [0.2, 0.25) is 0 Å². The minimum atomic E-state index is 0.757. The standard InChI is InChI=1S/C18H18N2/c1-2-3-4-5-18(14-6-10-16(19)11-7-14)15-8-12-17(20)13-9-15/h2-13H,1,19-20H2. The molecule has 0 bridgehead atoms. The highest BCUT2D eigenvalue weighted by atomic mass is 14.5. The quantitative estimate of drug-likeness (QED) is 0.645. The number of hydrogen-bond donors (Lipinski definition) is 2. The van der Waals surface area contributed by atoms with Crippen LogP contribution < -0.4 is 11.5 Å². The van der Waals surface area contributed by atoms with Gasteiger partial charge >= 0.3 is 0 Å². The van der Waals surface area contributed by atoms with Gasteiger partial charge in [0.05, 0.1) is 0 Å². The van der Waals surface area contributed by atoms with Crippen molar-refractivity contribution in [1.82, 2.24) is 0 Å². The normalized spacial score (nSPS) is 10.4. The minimum absolute atomic E-state index is 0.757. The molecule has 0 aliphatic rings. The predicted molar refractivity (Wildman–Crippen MR) is 88.1 cm³/mol. The van der Waals surface area contributed by atoms with Gasteiger partial charge in [-0.2, -0.15) is 0 Å². The summed E-state index contributed by atoms with van der Waals surface area (Å²) < 4.78 is 0. The molecule has 0 saturated heterocycles. The number of rotatable bonds is 4. The van der Waals surface area contributed by atoms with Crippen molar-refractivity contribution in [2.45, 2.75) is 0 Å². The van der Waals surface area contributed by atoms with Crippen molar-refractivity contribution in [3.8, 4) is 0 Å². The highest BCUT2D eigenvalue weighted by Gasteiger charge is 2.04. The van der Waals surface area contributed by atoms with Crippen LogP contribution in [-0.2, 0) is 0 Å². The fraction of sp³-hybridized carbons (Fsp3) is 0. The summed E-state index contributed by atoms with van der Waals surface area (Å²) in [4.78, 5) is 0. The Labute approximate surface area is 119 Å². The number of anilines is 2. The molecule has 2 aromatic rings. The third-order valence-corrected chi connectivity index (χ3v) is 2.95. The van der Waals surface area contributed by atoms with Crippen LogP contribution in [0.1, 0.15) is 11.1 Å². The van der Waals surface area contributed by atoms with E-state index in [1.54, 1.807) is 6.08 Å². The number of nitrogen functional groups attached to an aromatic ring is 2. The second-order valence-electron chi connectivity index (χ2n) is 4.44. The molecule has 0 aliphatic carbocycles. The Balaban J connectivity index is 2.46. The topological polar surface area (TPSA) is 52.0 Å². The smallest absolute Gasteiger partial charge is 0.0314 e. The van der Waals surface area contributed by atoms with Gasteiger partial charge < -0.3 is 11.5 Å². The van der Waals surface area contributed by atoms with Crippen molar-refractivity contribution in [2.75, 3.05) is 11.5 Å². The minimum Gasteiger partial charge on any atom is -0.399 e. The molecule has 0 radical (unpaired) electrons. The Hall–Kier alpha value is -2.74. The molecular weight excluding hydrogens is 244 g/mol. The van der Waals surface area contributed by atoms with Gasteiger partial charge in [-0.3, -0.25) is 0 Å². The maximum atomic E-state index is 5.74. The van der Waals surface area contributed by atoms with Crippen molar-refractivity contribution in [1.29, 1.82) is 0 Å². The lowest BCUT2D eigenvalue weighted by molar-refractivity contribution is 1.54. The maximum absolute atomic E-state index is 5.74. The first-order valence-electron chi connectivity index (χ1n) is 6.42. The molecule has 2 nitrogen and oxygen atoms in total. The van der Waals surface area contributed by atoms with Gasteiger partial charge in [-0.05, 0) is 41.0 Å². The van der Waals surface area contributed by atoms with Crippen LogP contribution >= 0.6 is 0 Å². The van der Waals surface area contributed by atoms with E-state index in [1.807, 2.05) is 60.7 Å². The van der Waals surface area contributed by atoms with Gasteiger partial charge in [0.2, 0.25) is 0 Å². The SMILES string of the molecule is C=CC=CC=C(c1ccc(N)cc1)c1ccc(N)cc1. The van der Waals surface area contributed by atoms with Crippen LogP contribution in [-0.4, -0.2) is 0 Å². The second-order valence-corrected chi connectivity index (χ2v) is 4.44. The van der Waals surface area contributed by atoms with Gasteiger partial charge in [0.15, 0.2) is 0 Å². The third kappa shape index (κ3) is 3.39. The molecule has 2 aromatic carbocycles. The van der Waals surface area contributed by atoms with Gasteiger partial charge in [0.25, 0.3) is 0 Å². The fourth-order valence-corrected chi connectivity index (χ4v) is 1.91. The lowest BCUT2D eigenvalue weighted by Gasteiger charge is -2.08. The van der Waals surface area contributed by atoms with E-state index >= 15 is 0 Å². The van der Waals surface area contributed by atoms with Gasteiger partial charge in [-0.1, -0.05) is 55.1 Å². The van der Waals surface area contributed by atoms with Crippen LogP contribution in [0.15, 0.2) is 79.4 Å². The molecular formula is C18H18N2. The molecule has 0 spiro atoms. The maximum Gasteiger partial charge on any atom is 0.0314 e. The molecule has 0 fully saturated rings. The zero-order chi connectivity index (χ0) is 14.4. The molecule has 0 atom stereocenters. The monoisotopic (exact) mass is 262 g/mol. The first-order chi connectivity index (χ1) is 9.70. The van der Waals surface area contributed by atoms with E-state index < -0.39 is 0 Å². The number of hydrogen-bond acceptors (Lipinski definition) is 2. The van der Waals surface area contributed by atoms with E-state index in [0.717, 1.165) is 28.1 Å². The fourth-order valence-electron chi connectivity index (χ4n) is 1.91. The Morgan fingerprint density at radius 2 is 1.20 bits per heavy atom. The van der Waals surface area contributed by atoms with E-state index in [4.69, 9.17) is 11.5 Å². The average Bonchev–Trinajstić information content (AvgIpc) is 2.46. The van der Waals surface area contributed by atoms with Crippen molar-refractivity contribution in [2.24, 2.45) is 0 Å². The average molecular weight is 262 g/mol.